The highest BCUT2D eigenvalue weighted by Gasteiger charge is 2.30. The molecule has 38 heavy (non-hydrogen) atoms. The van der Waals surface area contributed by atoms with Crippen LogP contribution in [0.2, 0.25) is 0 Å². The first kappa shape index (κ1) is 25.9. The van der Waals surface area contributed by atoms with Gasteiger partial charge in [0.1, 0.15) is 29.3 Å². The second-order valence-electron chi connectivity index (χ2n) is 9.95. The van der Waals surface area contributed by atoms with Crippen molar-refractivity contribution in [3.63, 3.8) is 0 Å². The number of benzene rings is 1. The lowest BCUT2D eigenvalue weighted by molar-refractivity contribution is -0.133. The number of aryl methyl sites for hydroxylation is 1. The number of amides is 2. The van der Waals surface area contributed by atoms with Gasteiger partial charge in [0.25, 0.3) is 0 Å². The number of thiophene rings is 1. The van der Waals surface area contributed by atoms with Crippen LogP contribution in [0.15, 0.2) is 23.5 Å². The van der Waals surface area contributed by atoms with Gasteiger partial charge >= 0.3 is 6.09 Å². The van der Waals surface area contributed by atoms with Crippen molar-refractivity contribution in [3.8, 4) is 5.75 Å². The third kappa shape index (κ3) is 5.42. The maximum Gasteiger partial charge on any atom is 0.407 e. The van der Waals surface area contributed by atoms with Crippen molar-refractivity contribution < 1.29 is 19.1 Å². The molecule has 0 saturated heterocycles. The first-order valence-electron chi connectivity index (χ1n) is 12.8. The Morgan fingerprint density at radius 1 is 1.24 bits per heavy atom. The van der Waals surface area contributed by atoms with Crippen LogP contribution in [0.5, 0.6) is 5.75 Å². The van der Waals surface area contributed by atoms with E-state index >= 15 is 0 Å². The lowest BCUT2D eigenvalue weighted by Crippen LogP contribution is -2.32. The fourth-order valence-corrected chi connectivity index (χ4v) is 6.10. The van der Waals surface area contributed by atoms with Gasteiger partial charge in [-0.1, -0.05) is 0 Å². The summed E-state index contributed by atoms with van der Waals surface area (Å²) in [5.74, 6) is 1.53. The van der Waals surface area contributed by atoms with E-state index in [9.17, 15) is 9.59 Å². The lowest BCUT2D eigenvalue weighted by Gasteiger charge is -2.24. The van der Waals surface area contributed by atoms with Crippen molar-refractivity contribution in [1.82, 2.24) is 20.2 Å². The summed E-state index contributed by atoms with van der Waals surface area (Å²) in [6.45, 7) is 4.79. The minimum Gasteiger partial charge on any atom is -0.490 e. The highest BCUT2D eigenvalue weighted by atomic mass is 32.1. The molecule has 1 aliphatic heterocycles. The van der Waals surface area contributed by atoms with E-state index in [2.05, 4.69) is 25.6 Å². The van der Waals surface area contributed by atoms with Gasteiger partial charge in [0.15, 0.2) is 0 Å². The van der Waals surface area contributed by atoms with Gasteiger partial charge in [-0.25, -0.2) is 14.8 Å². The Kier molecular flexibility index (Phi) is 7.46. The molecule has 5 rings (SSSR count). The number of nitrogens with zero attached hydrogens (tertiary/aromatic N) is 4. The molecule has 3 heterocycles. The number of fused-ring (bicyclic) bond motifs is 4. The number of rotatable bonds is 8. The maximum atomic E-state index is 12.6. The Labute approximate surface area is 225 Å². The molecular formula is C27H32N6O4S. The van der Waals surface area contributed by atoms with Crippen LogP contribution < -0.4 is 15.4 Å². The van der Waals surface area contributed by atoms with Crippen molar-refractivity contribution >= 4 is 51.3 Å². The molecule has 1 aromatic carbocycles. The van der Waals surface area contributed by atoms with Crippen LogP contribution in [0.1, 0.15) is 41.8 Å². The molecule has 2 N–H and O–H groups in total. The van der Waals surface area contributed by atoms with Crippen LogP contribution in [-0.4, -0.2) is 66.4 Å². The van der Waals surface area contributed by atoms with E-state index in [1.54, 1.807) is 36.4 Å². The normalized spacial score (nSPS) is 15.8. The zero-order chi connectivity index (χ0) is 26.8. The molecular weight excluding hydrogens is 504 g/mol. The highest BCUT2D eigenvalue weighted by Crippen LogP contribution is 2.42. The maximum absolute atomic E-state index is 12.6. The first-order chi connectivity index (χ1) is 18.3. The van der Waals surface area contributed by atoms with Gasteiger partial charge in [0.05, 0.1) is 30.3 Å². The number of carbonyl (C=O) groups is 2. The number of aromatic nitrogens is 2. The predicted molar refractivity (Wildman–Crippen MR) is 148 cm³/mol. The van der Waals surface area contributed by atoms with Crippen LogP contribution in [0.3, 0.4) is 0 Å². The van der Waals surface area contributed by atoms with E-state index in [0.717, 1.165) is 46.3 Å². The Balaban J connectivity index is 1.38. The van der Waals surface area contributed by atoms with Gasteiger partial charge in [-0.3, -0.25) is 9.79 Å². The topological polar surface area (TPSA) is 118 Å². The number of alkyl carbamates (subject to hydrolysis) is 1. The lowest BCUT2D eigenvalue weighted by atomic mass is 9.87. The number of carbonyl (C=O) groups excluding carboxylic acids is 2. The standard InChI is InChI=1S/C27H32N6O4S/c1-15(2)37-27(35)29-7-8-36-21-10-18-13-28-12-17(18)9-20(21)32-24-23-19-6-5-16(26(34)33(3)4)11-22(19)38-25(23)31-14-30-24/h9-10,12,14-16H,5-8,11,13H2,1-4H3,(H,29,35)(H,30,31,32)/t16-/m0/s1. The van der Waals surface area contributed by atoms with Gasteiger partial charge in [-0.2, -0.15) is 0 Å². The zero-order valence-corrected chi connectivity index (χ0v) is 22.9. The van der Waals surface area contributed by atoms with Gasteiger partial charge < -0.3 is 25.0 Å². The van der Waals surface area contributed by atoms with Gasteiger partial charge in [-0.15, -0.1) is 11.3 Å². The van der Waals surface area contributed by atoms with Crippen molar-refractivity contribution in [3.05, 3.63) is 40.0 Å². The SMILES string of the molecule is CC(C)OC(=O)NCCOc1cc2c(cc1Nc1ncnc3sc4c(c13)CC[C@H](C(=O)N(C)C)C4)C=NC2. The summed E-state index contributed by atoms with van der Waals surface area (Å²) in [6, 6.07) is 4.00. The number of aliphatic imine (C=N–C) groups is 1. The van der Waals surface area contributed by atoms with Gasteiger partial charge in [-0.05, 0) is 61.9 Å². The smallest absolute Gasteiger partial charge is 0.407 e. The fourth-order valence-electron chi connectivity index (χ4n) is 4.83. The third-order valence-corrected chi connectivity index (χ3v) is 7.76. The molecule has 0 radical (unpaired) electrons. The van der Waals surface area contributed by atoms with Gasteiger partial charge in [0, 0.05) is 31.1 Å². The van der Waals surface area contributed by atoms with E-state index in [0.29, 0.717) is 24.7 Å². The Morgan fingerprint density at radius 2 is 2.08 bits per heavy atom. The predicted octanol–water partition coefficient (Wildman–Crippen LogP) is 4.07. The Hall–Kier alpha value is -3.73. The first-order valence-corrected chi connectivity index (χ1v) is 13.6. The van der Waals surface area contributed by atoms with Crippen LogP contribution in [0.4, 0.5) is 16.3 Å². The molecule has 2 aliphatic rings. The fraction of sp³-hybridized carbons (Fsp3) is 0.444. The molecule has 0 saturated carbocycles. The molecule has 1 atom stereocenters. The van der Waals surface area contributed by atoms with E-state index < -0.39 is 6.09 Å². The number of hydrogen-bond donors (Lipinski definition) is 2. The molecule has 2 aromatic heterocycles. The summed E-state index contributed by atoms with van der Waals surface area (Å²) in [6.07, 6.45) is 5.11. The van der Waals surface area contributed by atoms with Gasteiger partial charge in [0.2, 0.25) is 5.91 Å². The van der Waals surface area contributed by atoms with E-state index in [4.69, 9.17) is 9.47 Å². The molecule has 3 aromatic rings. The summed E-state index contributed by atoms with van der Waals surface area (Å²) in [7, 11) is 3.62. The molecule has 0 bridgehead atoms. The Bertz CT molecular complexity index is 1400. The average Bonchev–Trinajstić information content (AvgIpc) is 3.49. The molecule has 11 heteroatoms. The number of hydrogen-bond acceptors (Lipinski definition) is 9. The van der Waals surface area contributed by atoms with Crippen LogP contribution in [-0.2, 0) is 28.9 Å². The largest absolute Gasteiger partial charge is 0.490 e. The van der Waals surface area contributed by atoms with Crippen molar-refractivity contribution in [2.45, 2.75) is 45.8 Å². The zero-order valence-electron chi connectivity index (χ0n) is 22.0. The molecule has 0 fully saturated rings. The monoisotopic (exact) mass is 536 g/mol. The summed E-state index contributed by atoms with van der Waals surface area (Å²) in [5, 5.41) is 7.19. The van der Waals surface area contributed by atoms with Crippen LogP contribution >= 0.6 is 11.3 Å². The summed E-state index contributed by atoms with van der Waals surface area (Å²) in [5.41, 5.74) is 4.09. The van der Waals surface area contributed by atoms with Crippen LogP contribution in [0, 0.1) is 5.92 Å². The third-order valence-electron chi connectivity index (χ3n) is 6.59. The quantitative estimate of drug-likeness (QED) is 0.417. The summed E-state index contributed by atoms with van der Waals surface area (Å²) < 4.78 is 11.2. The van der Waals surface area contributed by atoms with Crippen molar-refractivity contribution in [1.29, 1.82) is 0 Å². The molecule has 0 spiro atoms. The van der Waals surface area contributed by atoms with Crippen molar-refractivity contribution in [2.75, 3.05) is 32.6 Å². The van der Waals surface area contributed by atoms with Crippen LogP contribution in [0.25, 0.3) is 10.2 Å². The molecule has 2 amide bonds. The molecule has 0 unspecified atom stereocenters. The summed E-state index contributed by atoms with van der Waals surface area (Å²) in [4.78, 5) is 41.7. The summed E-state index contributed by atoms with van der Waals surface area (Å²) >= 11 is 1.64. The molecule has 200 valence electrons. The second-order valence-corrected chi connectivity index (χ2v) is 11.0. The minimum atomic E-state index is -0.468. The minimum absolute atomic E-state index is 0.00244. The average molecular weight is 537 g/mol. The number of anilines is 2. The van der Waals surface area contributed by atoms with E-state index in [-0.39, 0.29) is 24.5 Å². The number of ether oxygens (including phenoxy) is 2. The van der Waals surface area contributed by atoms with E-state index in [1.165, 1.54) is 10.4 Å². The number of nitrogens with one attached hydrogen (secondary N) is 2. The Morgan fingerprint density at radius 3 is 2.87 bits per heavy atom. The van der Waals surface area contributed by atoms with E-state index in [1.807, 2.05) is 32.4 Å². The highest BCUT2D eigenvalue weighted by molar-refractivity contribution is 7.19. The molecule has 10 nitrogen and oxygen atoms in total. The van der Waals surface area contributed by atoms with Crippen molar-refractivity contribution in [2.24, 2.45) is 10.9 Å². The molecule has 1 aliphatic carbocycles. The second kappa shape index (κ2) is 10.9.